The van der Waals surface area contributed by atoms with Gasteiger partial charge >= 0.3 is 0 Å². The maximum Gasteiger partial charge on any atom is 0.212 e. The van der Waals surface area contributed by atoms with Gasteiger partial charge in [-0.1, -0.05) is 30.3 Å². The van der Waals surface area contributed by atoms with Crippen LogP contribution in [0.25, 0.3) is 0 Å². The van der Waals surface area contributed by atoms with E-state index in [4.69, 9.17) is 11.0 Å². The Hall–Kier alpha value is -2.63. The summed E-state index contributed by atoms with van der Waals surface area (Å²) in [7, 11) is 0. The summed E-state index contributed by atoms with van der Waals surface area (Å²) in [5.74, 6) is 0.246. The van der Waals surface area contributed by atoms with Crippen LogP contribution in [0.1, 0.15) is 11.4 Å². The van der Waals surface area contributed by atoms with Gasteiger partial charge in [0, 0.05) is 12.4 Å². The van der Waals surface area contributed by atoms with E-state index in [1.165, 1.54) is 6.20 Å². The standard InChI is InChI=1S/C13H11N5/c14-8-12-17-6-7-18(12)10-13(16,9-15)11-4-2-1-3-5-11/h1-7H,10,16H2. The van der Waals surface area contributed by atoms with Crippen molar-refractivity contribution in [3.05, 3.63) is 54.1 Å². The number of hydrogen-bond acceptors (Lipinski definition) is 4. The predicted molar refractivity (Wildman–Crippen MR) is 64.9 cm³/mol. The Morgan fingerprint density at radius 3 is 2.61 bits per heavy atom. The fourth-order valence-corrected chi connectivity index (χ4v) is 1.75. The van der Waals surface area contributed by atoms with Crippen LogP contribution in [0.4, 0.5) is 0 Å². The van der Waals surface area contributed by atoms with E-state index in [2.05, 4.69) is 11.1 Å². The SMILES string of the molecule is N#Cc1nccn1CC(N)(C#N)c1ccccc1. The van der Waals surface area contributed by atoms with Crippen molar-refractivity contribution in [2.75, 3.05) is 0 Å². The molecule has 1 unspecified atom stereocenters. The lowest BCUT2D eigenvalue weighted by Crippen LogP contribution is -2.39. The number of nitrogens with two attached hydrogens (primary N) is 1. The molecule has 5 heteroatoms. The van der Waals surface area contributed by atoms with Gasteiger partial charge in [0.15, 0.2) is 0 Å². The van der Waals surface area contributed by atoms with E-state index in [-0.39, 0.29) is 12.4 Å². The molecule has 1 aromatic heterocycles. The fraction of sp³-hybridized carbons (Fsp3) is 0.154. The van der Waals surface area contributed by atoms with E-state index < -0.39 is 5.54 Å². The minimum Gasteiger partial charge on any atom is -0.319 e. The molecule has 0 aliphatic rings. The number of nitrogens with zero attached hydrogens (tertiary/aromatic N) is 4. The van der Waals surface area contributed by atoms with E-state index in [0.717, 1.165) is 0 Å². The third-order valence-corrected chi connectivity index (χ3v) is 2.72. The first-order valence-electron chi connectivity index (χ1n) is 5.36. The van der Waals surface area contributed by atoms with E-state index in [9.17, 15) is 5.26 Å². The van der Waals surface area contributed by atoms with Crippen molar-refractivity contribution < 1.29 is 0 Å². The third-order valence-electron chi connectivity index (χ3n) is 2.72. The zero-order chi connectivity index (χ0) is 13.0. The second kappa shape index (κ2) is 4.70. The highest BCUT2D eigenvalue weighted by Crippen LogP contribution is 2.20. The van der Waals surface area contributed by atoms with Gasteiger partial charge in [0.05, 0.1) is 12.6 Å². The van der Waals surface area contributed by atoms with Crippen molar-refractivity contribution in [2.45, 2.75) is 12.1 Å². The van der Waals surface area contributed by atoms with Gasteiger partial charge in [0.25, 0.3) is 0 Å². The zero-order valence-electron chi connectivity index (χ0n) is 9.61. The molecule has 88 valence electrons. The molecule has 2 rings (SSSR count). The summed E-state index contributed by atoms with van der Waals surface area (Å²) in [6.07, 6.45) is 3.15. The summed E-state index contributed by atoms with van der Waals surface area (Å²) in [5.41, 5.74) is 5.65. The number of imidazole rings is 1. The van der Waals surface area contributed by atoms with Crippen LogP contribution in [-0.2, 0) is 12.1 Å². The molecule has 0 bridgehead atoms. The van der Waals surface area contributed by atoms with Crippen LogP contribution < -0.4 is 5.73 Å². The number of aromatic nitrogens is 2. The second-order valence-corrected chi connectivity index (χ2v) is 3.94. The highest BCUT2D eigenvalue weighted by Gasteiger charge is 2.28. The highest BCUT2D eigenvalue weighted by molar-refractivity contribution is 5.31. The lowest BCUT2D eigenvalue weighted by molar-refractivity contribution is 0.470. The fourth-order valence-electron chi connectivity index (χ4n) is 1.75. The summed E-state index contributed by atoms with van der Waals surface area (Å²) in [6.45, 7) is 0.191. The molecule has 0 aliphatic heterocycles. The second-order valence-electron chi connectivity index (χ2n) is 3.94. The van der Waals surface area contributed by atoms with Gasteiger partial charge in [0.1, 0.15) is 11.6 Å². The monoisotopic (exact) mass is 237 g/mol. The van der Waals surface area contributed by atoms with Crippen LogP contribution in [0.15, 0.2) is 42.7 Å². The molecule has 1 heterocycles. The minimum absolute atomic E-state index is 0.191. The first kappa shape index (κ1) is 11.8. The molecule has 0 saturated heterocycles. The van der Waals surface area contributed by atoms with Gasteiger partial charge in [-0.3, -0.25) is 0 Å². The van der Waals surface area contributed by atoms with Crippen molar-refractivity contribution in [1.29, 1.82) is 10.5 Å². The normalized spacial score (nSPS) is 13.3. The van der Waals surface area contributed by atoms with E-state index in [1.54, 1.807) is 22.9 Å². The van der Waals surface area contributed by atoms with Crippen molar-refractivity contribution >= 4 is 0 Å². The molecule has 2 aromatic rings. The summed E-state index contributed by atoms with van der Waals surface area (Å²) >= 11 is 0. The molecule has 1 atom stereocenters. The highest BCUT2D eigenvalue weighted by atomic mass is 15.1. The Morgan fingerprint density at radius 2 is 2.00 bits per heavy atom. The molecule has 18 heavy (non-hydrogen) atoms. The Kier molecular flexibility index (Phi) is 3.09. The van der Waals surface area contributed by atoms with Crippen molar-refractivity contribution in [1.82, 2.24) is 9.55 Å². The van der Waals surface area contributed by atoms with Crippen molar-refractivity contribution in [3.8, 4) is 12.1 Å². The summed E-state index contributed by atoms with van der Waals surface area (Å²) in [5, 5.41) is 18.2. The molecular weight excluding hydrogens is 226 g/mol. The Labute approximate surface area is 105 Å². The Morgan fingerprint density at radius 1 is 1.28 bits per heavy atom. The van der Waals surface area contributed by atoms with Gasteiger partial charge in [0.2, 0.25) is 5.82 Å². The van der Waals surface area contributed by atoms with Crippen molar-refractivity contribution in [2.24, 2.45) is 5.73 Å². The zero-order valence-corrected chi connectivity index (χ0v) is 9.61. The van der Waals surface area contributed by atoms with Crippen molar-refractivity contribution in [3.63, 3.8) is 0 Å². The van der Waals surface area contributed by atoms with E-state index >= 15 is 0 Å². The molecule has 0 spiro atoms. The minimum atomic E-state index is -1.17. The molecule has 0 aliphatic carbocycles. The van der Waals surface area contributed by atoms with Crippen LogP contribution in [0, 0.1) is 22.7 Å². The van der Waals surface area contributed by atoms with Gasteiger partial charge < -0.3 is 10.3 Å². The summed E-state index contributed by atoms with van der Waals surface area (Å²) < 4.78 is 1.58. The average molecular weight is 237 g/mol. The number of nitriles is 2. The molecule has 1 aromatic carbocycles. The van der Waals surface area contributed by atoms with Crippen LogP contribution in [0.5, 0.6) is 0 Å². The molecule has 0 fully saturated rings. The molecule has 2 N–H and O–H groups in total. The smallest absolute Gasteiger partial charge is 0.212 e. The maximum absolute atomic E-state index is 9.31. The van der Waals surface area contributed by atoms with Gasteiger partial charge in [-0.25, -0.2) is 4.98 Å². The molecule has 5 nitrogen and oxygen atoms in total. The first-order chi connectivity index (χ1) is 8.69. The molecular formula is C13H11N5. The lowest BCUT2D eigenvalue weighted by atomic mass is 9.92. The Bertz CT molecular complexity index is 617. The first-order valence-corrected chi connectivity index (χ1v) is 5.36. The maximum atomic E-state index is 9.31. The molecule has 0 amide bonds. The topological polar surface area (TPSA) is 91.4 Å². The number of benzene rings is 1. The lowest BCUT2D eigenvalue weighted by Gasteiger charge is -2.22. The van der Waals surface area contributed by atoms with Crippen LogP contribution in [0.2, 0.25) is 0 Å². The number of hydrogen-bond donors (Lipinski definition) is 1. The summed E-state index contributed by atoms with van der Waals surface area (Å²) in [6, 6.07) is 13.2. The van der Waals surface area contributed by atoms with Gasteiger partial charge in [-0.2, -0.15) is 10.5 Å². The van der Waals surface area contributed by atoms with E-state index in [0.29, 0.717) is 5.56 Å². The molecule has 0 saturated carbocycles. The van der Waals surface area contributed by atoms with Crippen LogP contribution in [-0.4, -0.2) is 9.55 Å². The number of rotatable bonds is 3. The predicted octanol–water partition coefficient (Wildman–Crippen LogP) is 1.13. The Balaban J connectivity index is 2.37. The van der Waals surface area contributed by atoms with Gasteiger partial charge in [-0.05, 0) is 5.56 Å². The average Bonchev–Trinajstić information content (AvgIpc) is 2.86. The van der Waals surface area contributed by atoms with Crippen LogP contribution in [0.3, 0.4) is 0 Å². The van der Waals surface area contributed by atoms with Crippen LogP contribution >= 0.6 is 0 Å². The molecule has 0 radical (unpaired) electrons. The van der Waals surface area contributed by atoms with E-state index in [1.807, 2.05) is 24.3 Å². The summed E-state index contributed by atoms with van der Waals surface area (Å²) in [4.78, 5) is 3.88. The quantitative estimate of drug-likeness (QED) is 0.866. The largest absolute Gasteiger partial charge is 0.319 e. The third kappa shape index (κ3) is 2.08. The van der Waals surface area contributed by atoms with Gasteiger partial charge in [-0.15, -0.1) is 0 Å².